The molecule has 0 bridgehead atoms. The molecule has 0 aliphatic heterocycles. The summed E-state index contributed by atoms with van der Waals surface area (Å²) in [4.78, 5) is 23.0. The van der Waals surface area contributed by atoms with Crippen molar-refractivity contribution in [2.75, 3.05) is 29.5 Å². The van der Waals surface area contributed by atoms with E-state index in [1.807, 2.05) is 26.0 Å². The number of carbonyl (C=O) groups is 1. The van der Waals surface area contributed by atoms with E-state index in [1.54, 1.807) is 7.05 Å². The monoisotopic (exact) mass is 302 g/mol. The third-order valence-electron chi connectivity index (χ3n) is 2.73. The van der Waals surface area contributed by atoms with Gasteiger partial charge in [-0.25, -0.2) is 0 Å². The molecule has 0 aliphatic carbocycles. The number of aryl methyl sites for hydroxylation is 2. The van der Waals surface area contributed by atoms with Crippen molar-refractivity contribution in [3.8, 4) is 0 Å². The molecule has 0 fully saturated rings. The second-order valence-electron chi connectivity index (χ2n) is 4.80. The Morgan fingerprint density at radius 3 is 2.23 bits per heavy atom. The molecule has 0 saturated carbocycles. The fourth-order valence-corrected chi connectivity index (χ4v) is 1.95. The summed E-state index contributed by atoms with van der Waals surface area (Å²) in [5.41, 5.74) is 3.10. The Morgan fingerprint density at radius 2 is 1.64 bits per heavy atom. The van der Waals surface area contributed by atoms with E-state index in [9.17, 15) is 4.79 Å². The van der Waals surface area contributed by atoms with Crippen molar-refractivity contribution in [3.63, 3.8) is 0 Å². The van der Waals surface area contributed by atoms with Gasteiger partial charge in [-0.05, 0) is 37.1 Å². The Hall–Kier alpha value is -2.90. The van der Waals surface area contributed by atoms with Gasteiger partial charge in [0.2, 0.25) is 17.8 Å². The predicted molar refractivity (Wildman–Crippen MR) is 84.7 cm³/mol. The van der Waals surface area contributed by atoms with Crippen molar-refractivity contribution in [1.82, 2.24) is 15.0 Å². The number of benzene rings is 1. The summed E-state index contributed by atoms with van der Waals surface area (Å²) in [6.45, 7) is 3.74. The lowest BCUT2D eigenvalue weighted by atomic mass is 10.1. The van der Waals surface area contributed by atoms with E-state index in [-0.39, 0.29) is 12.5 Å². The van der Waals surface area contributed by atoms with Gasteiger partial charge in [0, 0.05) is 12.7 Å². The van der Waals surface area contributed by atoms with Crippen molar-refractivity contribution in [3.05, 3.63) is 29.3 Å². The molecule has 1 aromatic carbocycles. The number of hydrogen-bond donors (Lipinski definition) is 4. The SMILES string of the molecule is CNc1nc(NCC(=O)O)nc(Nc2cc(C)cc(C)c2)n1. The molecule has 1 heterocycles. The minimum Gasteiger partial charge on any atom is -0.480 e. The summed E-state index contributed by atoms with van der Waals surface area (Å²) < 4.78 is 0. The first kappa shape index (κ1) is 15.5. The van der Waals surface area contributed by atoms with Crippen LogP contribution in [0.25, 0.3) is 0 Å². The summed E-state index contributed by atoms with van der Waals surface area (Å²) in [6.07, 6.45) is 0. The molecule has 1 aromatic heterocycles. The molecule has 0 aliphatic rings. The average molecular weight is 302 g/mol. The van der Waals surface area contributed by atoms with Gasteiger partial charge in [-0.2, -0.15) is 15.0 Å². The fourth-order valence-electron chi connectivity index (χ4n) is 1.95. The predicted octanol–water partition coefficient (Wildman–Crippen LogP) is 1.77. The lowest BCUT2D eigenvalue weighted by Crippen LogP contribution is -2.16. The van der Waals surface area contributed by atoms with Crippen molar-refractivity contribution >= 4 is 29.5 Å². The number of carboxylic acid groups (broad SMARTS) is 1. The Bertz CT molecular complexity index is 669. The largest absolute Gasteiger partial charge is 0.480 e. The summed E-state index contributed by atoms with van der Waals surface area (Å²) in [7, 11) is 1.68. The highest BCUT2D eigenvalue weighted by Crippen LogP contribution is 2.18. The van der Waals surface area contributed by atoms with Gasteiger partial charge in [0.1, 0.15) is 6.54 Å². The van der Waals surface area contributed by atoms with Gasteiger partial charge in [0.05, 0.1) is 0 Å². The van der Waals surface area contributed by atoms with Crippen molar-refractivity contribution < 1.29 is 9.90 Å². The zero-order chi connectivity index (χ0) is 16.1. The van der Waals surface area contributed by atoms with Crippen molar-refractivity contribution in [2.45, 2.75) is 13.8 Å². The first-order valence-corrected chi connectivity index (χ1v) is 6.71. The van der Waals surface area contributed by atoms with E-state index in [1.165, 1.54) is 0 Å². The van der Waals surface area contributed by atoms with Crippen LogP contribution in [-0.2, 0) is 4.79 Å². The molecular weight excluding hydrogens is 284 g/mol. The Balaban J connectivity index is 2.25. The molecule has 2 rings (SSSR count). The Labute approximate surface area is 128 Å². The molecule has 0 saturated heterocycles. The van der Waals surface area contributed by atoms with E-state index < -0.39 is 5.97 Å². The van der Waals surface area contributed by atoms with Crippen LogP contribution in [-0.4, -0.2) is 39.6 Å². The maximum absolute atomic E-state index is 10.6. The number of anilines is 4. The lowest BCUT2D eigenvalue weighted by Gasteiger charge is -2.10. The van der Waals surface area contributed by atoms with Crippen LogP contribution in [0.2, 0.25) is 0 Å². The second kappa shape index (κ2) is 6.70. The van der Waals surface area contributed by atoms with E-state index in [4.69, 9.17) is 5.11 Å². The van der Waals surface area contributed by atoms with Gasteiger partial charge in [-0.15, -0.1) is 0 Å². The highest BCUT2D eigenvalue weighted by molar-refractivity contribution is 5.72. The molecule has 116 valence electrons. The fraction of sp³-hybridized carbons (Fsp3) is 0.286. The summed E-state index contributed by atoms with van der Waals surface area (Å²) >= 11 is 0. The van der Waals surface area contributed by atoms with E-state index in [0.29, 0.717) is 11.9 Å². The van der Waals surface area contributed by atoms with Gasteiger partial charge in [0.15, 0.2) is 0 Å². The third-order valence-corrected chi connectivity index (χ3v) is 2.73. The maximum Gasteiger partial charge on any atom is 0.322 e. The zero-order valence-corrected chi connectivity index (χ0v) is 12.6. The van der Waals surface area contributed by atoms with Gasteiger partial charge in [0.25, 0.3) is 0 Å². The zero-order valence-electron chi connectivity index (χ0n) is 12.6. The van der Waals surface area contributed by atoms with Crippen LogP contribution in [0.1, 0.15) is 11.1 Å². The normalized spacial score (nSPS) is 10.1. The highest BCUT2D eigenvalue weighted by Gasteiger charge is 2.07. The van der Waals surface area contributed by atoms with Gasteiger partial charge >= 0.3 is 5.97 Å². The number of aromatic nitrogens is 3. The number of nitrogens with one attached hydrogen (secondary N) is 3. The quantitative estimate of drug-likeness (QED) is 0.638. The summed E-state index contributed by atoms with van der Waals surface area (Å²) in [5.74, 6) is -0.129. The third kappa shape index (κ3) is 4.30. The number of rotatable bonds is 6. The van der Waals surface area contributed by atoms with Crippen LogP contribution < -0.4 is 16.0 Å². The molecule has 8 heteroatoms. The molecular formula is C14H18N6O2. The molecule has 0 amide bonds. The first-order chi connectivity index (χ1) is 10.5. The van der Waals surface area contributed by atoms with E-state index in [2.05, 4.69) is 37.0 Å². The number of hydrogen-bond acceptors (Lipinski definition) is 7. The van der Waals surface area contributed by atoms with E-state index in [0.717, 1.165) is 16.8 Å². The van der Waals surface area contributed by atoms with Crippen molar-refractivity contribution in [1.29, 1.82) is 0 Å². The van der Waals surface area contributed by atoms with E-state index >= 15 is 0 Å². The molecule has 4 N–H and O–H groups in total. The Morgan fingerprint density at radius 1 is 1.05 bits per heavy atom. The molecule has 2 aromatic rings. The number of carboxylic acids is 1. The maximum atomic E-state index is 10.6. The molecule has 22 heavy (non-hydrogen) atoms. The Kier molecular flexibility index (Phi) is 4.72. The molecule has 0 radical (unpaired) electrons. The van der Waals surface area contributed by atoms with Crippen LogP contribution in [0.15, 0.2) is 18.2 Å². The highest BCUT2D eigenvalue weighted by atomic mass is 16.4. The molecule has 0 atom stereocenters. The van der Waals surface area contributed by atoms with Crippen LogP contribution in [0.5, 0.6) is 0 Å². The summed E-state index contributed by atoms with van der Waals surface area (Å²) in [6, 6.07) is 6.01. The van der Waals surface area contributed by atoms with Gasteiger partial charge in [-0.1, -0.05) is 6.07 Å². The van der Waals surface area contributed by atoms with Crippen LogP contribution in [0.3, 0.4) is 0 Å². The standard InChI is InChI=1S/C14H18N6O2/c1-8-4-9(2)6-10(5-8)17-14-19-12(15-3)18-13(20-14)16-7-11(21)22/h4-6H,7H2,1-3H3,(H,21,22)(H3,15,16,17,18,19,20). The van der Waals surface area contributed by atoms with Crippen LogP contribution >= 0.6 is 0 Å². The average Bonchev–Trinajstić information content (AvgIpc) is 2.43. The minimum absolute atomic E-state index is 0.189. The van der Waals surface area contributed by atoms with Crippen LogP contribution in [0.4, 0.5) is 23.5 Å². The lowest BCUT2D eigenvalue weighted by molar-refractivity contribution is -0.134. The first-order valence-electron chi connectivity index (χ1n) is 6.71. The molecule has 8 nitrogen and oxygen atoms in total. The second-order valence-corrected chi connectivity index (χ2v) is 4.80. The van der Waals surface area contributed by atoms with Crippen LogP contribution in [0, 0.1) is 13.8 Å². The van der Waals surface area contributed by atoms with Gasteiger partial charge < -0.3 is 21.1 Å². The number of nitrogens with zero attached hydrogens (tertiary/aromatic N) is 3. The summed E-state index contributed by atoms with van der Waals surface area (Å²) in [5, 5.41) is 17.2. The molecule has 0 unspecified atom stereocenters. The number of aliphatic carboxylic acids is 1. The smallest absolute Gasteiger partial charge is 0.322 e. The minimum atomic E-state index is -0.991. The molecule has 0 spiro atoms. The topological polar surface area (TPSA) is 112 Å². The van der Waals surface area contributed by atoms with Gasteiger partial charge in [-0.3, -0.25) is 4.79 Å². The van der Waals surface area contributed by atoms with Crippen molar-refractivity contribution in [2.24, 2.45) is 0 Å².